The number of rotatable bonds is 4. The summed E-state index contributed by atoms with van der Waals surface area (Å²) >= 11 is 1.59. The predicted molar refractivity (Wildman–Crippen MR) is 172 cm³/mol. The number of aliphatic hydroxyl groups excluding tert-OH is 1. The second-order valence-electron chi connectivity index (χ2n) is 14.3. The number of carbonyl (C=O) groups is 2. The van der Waals surface area contributed by atoms with Crippen molar-refractivity contribution in [1.82, 2.24) is 4.98 Å². The van der Waals surface area contributed by atoms with Crippen molar-refractivity contribution in [2.75, 3.05) is 0 Å². The summed E-state index contributed by atoms with van der Waals surface area (Å²) in [6.45, 7) is 24.3. The Hall–Kier alpha value is -1.61. The zero-order valence-electron chi connectivity index (χ0n) is 27.6. The Morgan fingerprint density at radius 1 is 1.22 bits per heavy atom. The molecule has 5 unspecified atom stereocenters. The summed E-state index contributed by atoms with van der Waals surface area (Å²) < 4.78 is 13.0. The average molecular weight is 606 g/mol. The molecule has 1 aliphatic heterocycles. The lowest BCUT2D eigenvalue weighted by molar-refractivity contribution is -0.153. The number of ether oxygens (including phenoxy) is 1. The number of aliphatic hydroxyl groups is 1. The van der Waals surface area contributed by atoms with Crippen LogP contribution in [0.4, 0.5) is 0 Å². The van der Waals surface area contributed by atoms with Gasteiger partial charge in [0.2, 0.25) is 0 Å². The van der Waals surface area contributed by atoms with Crippen molar-refractivity contribution in [3.8, 4) is 0 Å². The molecule has 232 valence electrons. The highest BCUT2D eigenvalue weighted by Gasteiger charge is 2.48. The molecule has 0 radical (unpaired) electrons. The van der Waals surface area contributed by atoms with E-state index in [1.54, 1.807) is 11.3 Å². The molecule has 0 aromatic carbocycles. The highest BCUT2D eigenvalue weighted by atomic mass is 32.1. The minimum atomic E-state index is -2.36. The third-order valence-electron chi connectivity index (χ3n) is 9.25. The van der Waals surface area contributed by atoms with E-state index >= 15 is 0 Å². The molecular formula is C33H55NO5SSi. The lowest BCUT2D eigenvalue weighted by Crippen LogP contribution is -2.52. The van der Waals surface area contributed by atoms with Crippen LogP contribution in [-0.4, -0.2) is 48.5 Å². The van der Waals surface area contributed by atoms with Gasteiger partial charge in [-0.2, -0.15) is 0 Å². The minimum absolute atomic E-state index is 0.0188. The molecule has 2 heterocycles. The van der Waals surface area contributed by atoms with Gasteiger partial charge in [0, 0.05) is 23.1 Å². The van der Waals surface area contributed by atoms with E-state index < -0.39 is 38.0 Å². The molecule has 0 saturated carbocycles. The average Bonchev–Trinajstić information content (AvgIpc) is 3.27. The third-order valence-corrected chi connectivity index (χ3v) is 14.5. The second-order valence-corrected chi connectivity index (χ2v) is 20.1. The Morgan fingerprint density at radius 3 is 2.41 bits per heavy atom. The predicted octanol–water partition coefficient (Wildman–Crippen LogP) is 8.30. The van der Waals surface area contributed by atoms with Crippen molar-refractivity contribution < 1.29 is 23.9 Å². The van der Waals surface area contributed by atoms with Crippen LogP contribution in [0.1, 0.15) is 105 Å². The van der Waals surface area contributed by atoms with Crippen LogP contribution in [0.25, 0.3) is 6.08 Å². The van der Waals surface area contributed by atoms with E-state index in [4.69, 9.17) is 9.16 Å². The number of hydrogen-bond acceptors (Lipinski definition) is 7. The van der Waals surface area contributed by atoms with E-state index in [0.29, 0.717) is 6.42 Å². The van der Waals surface area contributed by atoms with Gasteiger partial charge in [0.05, 0.1) is 29.3 Å². The number of nitrogens with zero attached hydrogens (tertiary/aromatic N) is 1. The molecule has 1 N–H and O–H groups in total. The number of ketones is 1. The first-order valence-corrected chi connectivity index (χ1v) is 18.9. The number of aromatic nitrogens is 1. The number of aryl methyl sites for hydroxylation is 1. The summed E-state index contributed by atoms with van der Waals surface area (Å²) in [5.41, 5.74) is 2.01. The fraction of sp³-hybridized carbons (Fsp3) is 0.727. The van der Waals surface area contributed by atoms with Gasteiger partial charge >= 0.3 is 5.97 Å². The van der Waals surface area contributed by atoms with E-state index in [9.17, 15) is 14.7 Å². The zero-order valence-corrected chi connectivity index (χ0v) is 29.4. The molecule has 0 amide bonds. The number of Topliss-reactive ketones (excluding diaryl/α,β-unsaturated/α-hetero) is 1. The summed E-state index contributed by atoms with van der Waals surface area (Å²) in [5.74, 6) is -1.06. The van der Waals surface area contributed by atoms with Crippen LogP contribution in [-0.2, 0) is 18.8 Å². The SMILES string of the molecule is CC(=Cc1csc(C)n1)C1C/C=C(/C)CCCC(C)C(O)C(C)C(=O)C(C)(C)C(O[Si](C)(C)C(C)(C)C)CC(=O)O1. The Balaban J connectivity index is 2.53. The van der Waals surface area contributed by atoms with Gasteiger partial charge in [-0.05, 0) is 75.7 Å². The maximum absolute atomic E-state index is 14.0. The first-order valence-electron chi connectivity index (χ1n) is 15.1. The van der Waals surface area contributed by atoms with Crippen molar-refractivity contribution in [2.24, 2.45) is 17.3 Å². The van der Waals surface area contributed by atoms with Crippen LogP contribution in [0.15, 0.2) is 22.6 Å². The highest BCUT2D eigenvalue weighted by molar-refractivity contribution is 7.09. The first kappa shape index (κ1) is 35.6. The molecule has 0 spiro atoms. The molecule has 1 aromatic rings. The fourth-order valence-electron chi connectivity index (χ4n) is 5.11. The Kier molecular flexibility index (Phi) is 12.4. The molecule has 41 heavy (non-hydrogen) atoms. The molecule has 2 rings (SSSR count). The second kappa shape index (κ2) is 14.2. The molecule has 0 fully saturated rings. The summed E-state index contributed by atoms with van der Waals surface area (Å²) in [6.07, 6.45) is 5.44. The van der Waals surface area contributed by atoms with Gasteiger partial charge in [0.15, 0.2) is 8.32 Å². The Morgan fingerprint density at radius 2 is 1.85 bits per heavy atom. The number of thiazole rings is 1. The quantitative estimate of drug-likeness (QED) is 0.211. The van der Waals surface area contributed by atoms with E-state index in [1.807, 2.05) is 53.0 Å². The highest BCUT2D eigenvalue weighted by Crippen LogP contribution is 2.42. The van der Waals surface area contributed by atoms with Crippen molar-refractivity contribution in [3.63, 3.8) is 0 Å². The van der Waals surface area contributed by atoms with Gasteiger partial charge in [-0.1, -0.05) is 60.1 Å². The topological polar surface area (TPSA) is 85.7 Å². The van der Waals surface area contributed by atoms with Crippen LogP contribution in [0.5, 0.6) is 0 Å². The fourth-order valence-corrected chi connectivity index (χ4v) is 7.12. The van der Waals surface area contributed by atoms with E-state index in [0.717, 1.165) is 35.5 Å². The lowest BCUT2D eigenvalue weighted by Gasteiger charge is -2.44. The van der Waals surface area contributed by atoms with E-state index in [-0.39, 0.29) is 29.1 Å². The van der Waals surface area contributed by atoms with Gasteiger partial charge in [0.1, 0.15) is 11.9 Å². The summed E-state index contributed by atoms with van der Waals surface area (Å²) in [6, 6.07) is 0. The van der Waals surface area contributed by atoms with Crippen molar-refractivity contribution in [1.29, 1.82) is 0 Å². The summed E-state index contributed by atoms with van der Waals surface area (Å²) in [4.78, 5) is 32.2. The molecule has 0 bridgehead atoms. The molecule has 1 aliphatic rings. The number of esters is 1. The zero-order chi connectivity index (χ0) is 31.3. The summed E-state index contributed by atoms with van der Waals surface area (Å²) in [7, 11) is -2.36. The van der Waals surface area contributed by atoms with Crippen LogP contribution in [0, 0.1) is 24.2 Å². The number of carbonyl (C=O) groups excluding carboxylic acids is 2. The van der Waals surface area contributed by atoms with Crippen molar-refractivity contribution >= 4 is 37.5 Å². The van der Waals surface area contributed by atoms with Gasteiger partial charge in [0.25, 0.3) is 0 Å². The van der Waals surface area contributed by atoms with Crippen molar-refractivity contribution in [3.05, 3.63) is 33.3 Å². The maximum atomic E-state index is 14.0. The molecule has 8 heteroatoms. The molecule has 5 atom stereocenters. The molecule has 0 saturated heterocycles. The number of hydrogen-bond donors (Lipinski definition) is 1. The standard InChI is InChI=1S/C33H55NO5SSi/c1-21-14-13-15-22(2)30(36)24(4)31(37)33(9,10)28(39-41(11,12)32(6,7)8)19-29(35)38-27(17-16-21)23(3)18-26-20-40-25(5)34-26/h16,18,20,22,24,27-28,30,36H,13-15,17,19H2,1-12H3/b21-16-,23-18?. The van der Waals surface area contributed by atoms with Crippen LogP contribution in [0.2, 0.25) is 18.1 Å². The summed E-state index contributed by atoms with van der Waals surface area (Å²) in [5, 5.41) is 14.1. The molecular weight excluding hydrogens is 551 g/mol. The number of cyclic esters (lactones) is 1. The van der Waals surface area contributed by atoms with Gasteiger partial charge in [-0.3, -0.25) is 9.59 Å². The Bertz CT molecular complexity index is 1110. The maximum Gasteiger partial charge on any atom is 0.309 e. The largest absolute Gasteiger partial charge is 0.457 e. The van der Waals surface area contributed by atoms with Crippen LogP contribution < -0.4 is 0 Å². The minimum Gasteiger partial charge on any atom is -0.457 e. The molecule has 0 aliphatic carbocycles. The molecule has 6 nitrogen and oxygen atoms in total. The van der Waals surface area contributed by atoms with Crippen LogP contribution in [0.3, 0.4) is 0 Å². The first-order chi connectivity index (χ1) is 18.8. The number of allylic oxidation sites excluding steroid dienone is 1. The third kappa shape index (κ3) is 9.70. The molecule has 1 aromatic heterocycles. The van der Waals surface area contributed by atoms with Gasteiger partial charge in [-0.25, -0.2) is 4.98 Å². The van der Waals surface area contributed by atoms with Crippen LogP contribution >= 0.6 is 11.3 Å². The van der Waals surface area contributed by atoms with Gasteiger partial charge < -0.3 is 14.3 Å². The van der Waals surface area contributed by atoms with E-state index in [1.165, 1.54) is 5.57 Å². The van der Waals surface area contributed by atoms with E-state index in [2.05, 4.69) is 51.8 Å². The normalized spacial score (nSPS) is 29.5. The smallest absolute Gasteiger partial charge is 0.309 e. The lowest BCUT2D eigenvalue weighted by atomic mass is 9.73. The van der Waals surface area contributed by atoms with Crippen molar-refractivity contribution in [2.45, 2.75) is 138 Å². The monoisotopic (exact) mass is 605 g/mol. The Labute approximate surface area is 254 Å². The van der Waals surface area contributed by atoms with Gasteiger partial charge in [-0.15, -0.1) is 11.3 Å².